The van der Waals surface area contributed by atoms with Gasteiger partial charge in [-0.25, -0.2) is 24.9 Å². The summed E-state index contributed by atoms with van der Waals surface area (Å²) in [5.74, 6) is 2.02. The van der Waals surface area contributed by atoms with Crippen molar-refractivity contribution in [1.29, 1.82) is 0 Å². The predicted octanol–water partition coefficient (Wildman–Crippen LogP) is 2.44. The van der Waals surface area contributed by atoms with Crippen molar-refractivity contribution >= 4 is 22.9 Å². The number of carbonyl (C=O) groups excluding carboxylic acids is 1. The van der Waals surface area contributed by atoms with Gasteiger partial charge in [0, 0.05) is 32.0 Å². The molecule has 10 heteroatoms. The molecule has 170 valence electrons. The van der Waals surface area contributed by atoms with Crippen molar-refractivity contribution in [2.45, 2.75) is 65.8 Å². The molecular formula is C22H30N8O2. The van der Waals surface area contributed by atoms with Crippen LogP contribution in [0.3, 0.4) is 0 Å². The lowest BCUT2D eigenvalue weighted by molar-refractivity contribution is -0.144. The van der Waals surface area contributed by atoms with Crippen LogP contribution in [0.15, 0.2) is 18.7 Å². The molecule has 4 rings (SSSR count). The van der Waals surface area contributed by atoms with E-state index in [1.54, 1.807) is 12.4 Å². The number of fused-ring (bicyclic) bond motifs is 1. The molecule has 1 aliphatic heterocycles. The molecule has 1 saturated heterocycles. The molecule has 0 bridgehead atoms. The molecule has 0 aromatic carbocycles. The van der Waals surface area contributed by atoms with Crippen LogP contribution in [0.1, 0.15) is 39.9 Å². The Morgan fingerprint density at radius 1 is 1.16 bits per heavy atom. The molecule has 3 atom stereocenters. The lowest BCUT2D eigenvalue weighted by Gasteiger charge is -2.37. The molecule has 0 saturated carbocycles. The zero-order valence-electron chi connectivity index (χ0n) is 19.2. The Morgan fingerprint density at radius 3 is 2.47 bits per heavy atom. The zero-order valence-corrected chi connectivity index (χ0v) is 19.2. The van der Waals surface area contributed by atoms with Crippen LogP contribution in [0.2, 0.25) is 0 Å². The second kappa shape index (κ2) is 9.15. The van der Waals surface area contributed by atoms with Crippen molar-refractivity contribution in [3.63, 3.8) is 0 Å². The number of rotatable bonds is 6. The van der Waals surface area contributed by atoms with E-state index in [1.807, 2.05) is 44.1 Å². The molecule has 0 aliphatic carbocycles. The number of carbonyl (C=O) groups is 1. The minimum atomic E-state index is -0.413. The minimum absolute atomic E-state index is 0.0190. The van der Waals surface area contributed by atoms with Gasteiger partial charge < -0.3 is 19.5 Å². The van der Waals surface area contributed by atoms with Gasteiger partial charge in [0.15, 0.2) is 17.0 Å². The lowest BCUT2D eigenvalue weighted by Crippen LogP contribution is -2.52. The highest BCUT2D eigenvalue weighted by atomic mass is 16.5. The number of morpholine rings is 1. The second-order valence-electron chi connectivity index (χ2n) is 8.20. The summed E-state index contributed by atoms with van der Waals surface area (Å²) in [6, 6.07) is -0.413. The molecular weight excluding hydrogens is 408 g/mol. The first-order chi connectivity index (χ1) is 15.4. The topological polar surface area (TPSA) is 111 Å². The standard InChI is InChI=1S/C22H30N8O2/c1-6-17(22(31)29-10-13(3)32-14(4)11-29)27-19-18-21(26-12-25-19)30(7-2)20(28-18)16-8-23-15(5)24-9-16/h8-9,12-14,17H,6-7,10-11H2,1-5H3,(H,25,26,27)/t13-,14-,17+/m1/s1. The Bertz CT molecular complexity index is 1090. The molecule has 0 unspecified atom stereocenters. The van der Waals surface area contributed by atoms with Crippen LogP contribution in [0.25, 0.3) is 22.6 Å². The minimum Gasteiger partial charge on any atom is -0.372 e. The number of aromatic nitrogens is 6. The SMILES string of the molecule is CC[C@H](Nc1ncnc2c1nc(-c1cnc(C)nc1)n2CC)C(=O)N1C[C@@H](C)O[C@H](C)C1. The van der Waals surface area contributed by atoms with Crippen molar-refractivity contribution in [1.82, 2.24) is 34.4 Å². The van der Waals surface area contributed by atoms with Gasteiger partial charge in [0.25, 0.3) is 0 Å². The summed E-state index contributed by atoms with van der Waals surface area (Å²) in [6.07, 6.45) is 5.68. The first-order valence-corrected chi connectivity index (χ1v) is 11.1. The number of anilines is 1. The first-order valence-electron chi connectivity index (χ1n) is 11.1. The van der Waals surface area contributed by atoms with Crippen LogP contribution in [0.5, 0.6) is 0 Å². The van der Waals surface area contributed by atoms with E-state index < -0.39 is 6.04 Å². The summed E-state index contributed by atoms with van der Waals surface area (Å²) in [4.78, 5) is 37.4. The summed E-state index contributed by atoms with van der Waals surface area (Å²) in [5, 5.41) is 3.33. The number of hydrogen-bond donors (Lipinski definition) is 1. The molecule has 1 fully saturated rings. The van der Waals surface area contributed by atoms with Gasteiger partial charge in [-0.1, -0.05) is 6.92 Å². The molecule has 1 aliphatic rings. The summed E-state index contributed by atoms with van der Waals surface area (Å²) in [6.45, 7) is 11.7. The van der Waals surface area contributed by atoms with Crippen LogP contribution in [-0.2, 0) is 16.1 Å². The average molecular weight is 439 g/mol. The number of imidazole rings is 1. The van der Waals surface area contributed by atoms with Gasteiger partial charge in [-0.2, -0.15) is 0 Å². The van der Waals surface area contributed by atoms with Gasteiger partial charge >= 0.3 is 0 Å². The fourth-order valence-electron chi connectivity index (χ4n) is 4.15. The summed E-state index contributed by atoms with van der Waals surface area (Å²) < 4.78 is 7.78. The molecule has 3 aromatic rings. The highest BCUT2D eigenvalue weighted by molar-refractivity contribution is 5.90. The van der Waals surface area contributed by atoms with Crippen molar-refractivity contribution in [2.24, 2.45) is 0 Å². The summed E-state index contributed by atoms with van der Waals surface area (Å²) in [5.41, 5.74) is 2.14. The third kappa shape index (κ3) is 4.27. The van der Waals surface area contributed by atoms with E-state index in [2.05, 4.69) is 25.3 Å². The monoisotopic (exact) mass is 438 g/mol. The molecule has 0 spiro atoms. The van der Waals surface area contributed by atoms with E-state index >= 15 is 0 Å². The van der Waals surface area contributed by atoms with Crippen molar-refractivity contribution < 1.29 is 9.53 Å². The van der Waals surface area contributed by atoms with Crippen molar-refractivity contribution in [3.8, 4) is 11.4 Å². The van der Waals surface area contributed by atoms with Crippen LogP contribution in [-0.4, -0.2) is 71.6 Å². The Balaban J connectivity index is 1.66. The maximum Gasteiger partial charge on any atom is 0.245 e. The predicted molar refractivity (Wildman–Crippen MR) is 121 cm³/mol. The number of hydrogen-bond acceptors (Lipinski definition) is 8. The third-order valence-electron chi connectivity index (χ3n) is 5.64. The van der Waals surface area contributed by atoms with Crippen molar-refractivity contribution in [2.75, 3.05) is 18.4 Å². The molecule has 1 N–H and O–H groups in total. The Hall–Kier alpha value is -3.14. The van der Waals surface area contributed by atoms with Gasteiger partial charge in [0.05, 0.1) is 17.8 Å². The molecule has 10 nitrogen and oxygen atoms in total. The zero-order chi connectivity index (χ0) is 22.8. The van der Waals surface area contributed by atoms with Crippen LogP contribution < -0.4 is 5.32 Å². The van der Waals surface area contributed by atoms with Gasteiger partial charge in [0.2, 0.25) is 5.91 Å². The molecule has 0 radical (unpaired) electrons. The van der Waals surface area contributed by atoms with Crippen LogP contribution >= 0.6 is 0 Å². The Labute approximate surface area is 187 Å². The van der Waals surface area contributed by atoms with Crippen LogP contribution in [0, 0.1) is 6.92 Å². The quantitative estimate of drug-likeness (QED) is 0.625. The molecule has 32 heavy (non-hydrogen) atoms. The van der Waals surface area contributed by atoms with E-state index in [0.29, 0.717) is 48.9 Å². The number of nitrogens with zero attached hydrogens (tertiary/aromatic N) is 7. The van der Waals surface area contributed by atoms with E-state index in [4.69, 9.17) is 9.72 Å². The van der Waals surface area contributed by atoms with E-state index in [0.717, 1.165) is 11.4 Å². The Kier molecular flexibility index (Phi) is 6.31. The summed E-state index contributed by atoms with van der Waals surface area (Å²) >= 11 is 0. The molecule has 3 aromatic heterocycles. The third-order valence-corrected chi connectivity index (χ3v) is 5.64. The number of ether oxygens (including phenoxy) is 1. The average Bonchev–Trinajstić information content (AvgIpc) is 3.16. The summed E-state index contributed by atoms with van der Waals surface area (Å²) in [7, 11) is 0. The highest BCUT2D eigenvalue weighted by Crippen LogP contribution is 2.27. The number of aryl methyl sites for hydroxylation is 2. The maximum atomic E-state index is 13.3. The fraction of sp³-hybridized carbons (Fsp3) is 0.545. The fourth-order valence-corrected chi connectivity index (χ4v) is 4.15. The largest absolute Gasteiger partial charge is 0.372 e. The van der Waals surface area contributed by atoms with Crippen LogP contribution in [0.4, 0.5) is 5.82 Å². The van der Waals surface area contributed by atoms with E-state index in [9.17, 15) is 4.79 Å². The van der Waals surface area contributed by atoms with E-state index in [1.165, 1.54) is 6.33 Å². The van der Waals surface area contributed by atoms with Gasteiger partial charge in [0.1, 0.15) is 24.0 Å². The molecule has 4 heterocycles. The Morgan fingerprint density at radius 2 is 1.84 bits per heavy atom. The maximum absolute atomic E-state index is 13.3. The lowest BCUT2D eigenvalue weighted by atomic mass is 10.1. The first kappa shape index (κ1) is 22.1. The van der Waals surface area contributed by atoms with E-state index in [-0.39, 0.29) is 18.1 Å². The second-order valence-corrected chi connectivity index (χ2v) is 8.20. The number of amides is 1. The van der Waals surface area contributed by atoms with Crippen molar-refractivity contribution in [3.05, 3.63) is 24.5 Å². The van der Waals surface area contributed by atoms with Gasteiger partial charge in [-0.05, 0) is 34.1 Å². The van der Waals surface area contributed by atoms with Gasteiger partial charge in [-0.15, -0.1) is 0 Å². The number of nitrogens with one attached hydrogen (secondary N) is 1. The smallest absolute Gasteiger partial charge is 0.245 e. The molecule has 1 amide bonds. The van der Waals surface area contributed by atoms with Gasteiger partial charge in [-0.3, -0.25) is 4.79 Å². The highest BCUT2D eigenvalue weighted by Gasteiger charge is 2.30. The normalized spacial score (nSPS) is 19.8.